The second-order valence-electron chi connectivity index (χ2n) is 6.78. The quantitative estimate of drug-likeness (QED) is 0.783. The third-order valence-electron chi connectivity index (χ3n) is 4.81. The molecule has 0 bridgehead atoms. The third-order valence-corrected chi connectivity index (χ3v) is 7.73. The van der Waals surface area contributed by atoms with Gasteiger partial charge in [0, 0.05) is 18.0 Å². The second-order valence-corrected chi connectivity index (χ2v) is 10.1. The van der Waals surface area contributed by atoms with Crippen molar-refractivity contribution in [2.45, 2.75) is 30.5 Å². The zero-order chi connectivity index (χ0) is 18.6. The summed E-state index contributed by atoms with van der Waals surface area (Å²) in [5.74, 6) is 1.28. The van der Waals surface area contributed by atoms with Crippen LogP contribution in [0.1, 0.15) is 23.3 Å². The molecule has 0 atom stereocenters. The Morgan fingerprint density at radius 1 is 1.15 bits per heavy atom. The highest BCUT2D eigenvalue weighted by Crippen LogP contribution is 2.23. The first-order valence-corrected chi connectivity index (χ1v) is 11.2. The lowest BCUT2D eigenvalue weighted by Crippen LogP contribution is -2.38. The van der Waals surface area contributed by atoms with Crippen LogP contribution in [0.25, 0.3) is 0 Å². The molecular formula is C19H26N2O3S2. The Morgan fingerprint density at radius 2 is 1.85 bits per heavy atom. The fraction of sp³-hybridized carbons (Fsp3) is 0.474. The minimum atomic E-state index is -3.36. The van der Waals surface area contributed by atoms with Crippen LogP contribution in [0.4, 0.5) is 0 Å². The van der Waals surface area contributed by atoms with Crippen molar-refractivity contribution in [1.29, 1.82) is 0 Å². The fourth-order valence-corrected chi connectivity index (χ4v) is 5.64. The molecule has 0 amide bonds. The highest BCUT2D eigenvalue weighted by atomic mass is 32.2. The summed E-state index contributed by atoms with van der Waals surface area (Å²) in [7, 11) is -1.69. The van der Waals surface area contributed by atoms with Crippen molar-refractivity contribution >= 4 is 21.4 Å². The number of thiophene rings is 1. The normalized spacial score (nSPS) is 16.7. The molecule has 1 aromatic heterocycles. The van der Waals surface area contributed by atoms with Gasteiger partial charge in [0.25, 0.3) is 0 Å². The Labute approximate surface area is 160 Å². The average Bonchev–Trinajstić information content (AvgIpc) is 3.09. The molecule has 7 heteroatoms. The molecule has 0 aliphatic carbocycles. The Kier molecular flexibility index (Phi) is 6.34. The number of rotatable bonds is 7. The van der Waals surface area contributed by atoms with E-state index in [0.717, 1.165) is 43.1 Å². The van der Waals surface area contributed by atoms with Crippen molar-refractivity contribution in [3.05, 3.63) is 46.8 Å². The number of nitrogens with one attached hydrogen (secondary N) is 1. The molecule has 1 saturated heterocycles. The average molecular weight is 395 g/mol. The molecule has 0 saturated carbocycles. The summed E-state index contributed by atoms with van der Waals surface area (Å²) in [6.07, 6.45) is 2.03. The lowest BCUT2D eigenvalue weighted by atomic mass is 9.97. The molecule has 1 N–H and O–H groups in total. The van der Waals surface area contributed by atoms with Gasteiger partial charge in [0.05, 0.1) is 7.11 Å². The van der Waals surface area contributed by atoms with Crippen molar-refractivity contribution in [3.63, 3.8) is 0 Å². The molecule has 1 aromatic carbocycles. The van der Waals surface area contributed by atoms with Crippen LogP contribution >= 0.6 is 11.3 Å². The van der Waals surface area contributed by atoms with Crippen LogP contribution in [0, 0.1) is 12.8 Å². The molecule has 1 aliphatic rings. The first kappa shape index (κ1) is 19.4. The van der Waals surface area contributed by atoms with E-state index in [4.69, 9.17) is 4.74 Å². The van der Waals surface area contributed by atoms with Gasteiger partial charge in [0.2, 0.25) is 10.0 Å². The number of nitrogens with zero attached hydrogens (tertiary/aromatic N) is 1. The first-order chi connectivity index (χ1) is 12.5. The van der Waals surface area contributed by atoms with E-state index in [1.807, 2.05) is 25.1 Å². The number of sulfonamides is 1. The van der Waals surface area contributed by atoms with Crippen molar-refractivity contribution in [2.24, 2.45) is 5.92 Å². The van der Waals surface area contributed by atoms with Gasteiger partial charge in [0.1, 0.15) is 9.96 Å². The largest absolute Gasteiger partial charge is 0.497 e. The van der Waals surface area contributed by atoms with Crippen LogP contribution in [0.5, 0.6) is 5.75 Å². The molecular weight excluding hydrogens is 368 g/mol. The van der Waals surface area contributed by atoms with Gasteiger partial charge in [-0.25, -0.2) is 13.1 Å². The molecule has 0 radical (unpaired) electrons. The van der Waals surface area contributed by atoms with Crippen LogP contribution in [-0.4, -0.2) is 40.1 Å². The van der Waals surface area contributed by atoms with Gasteiger partial charge in [-0.15, -0.1) is 11.3 Å². The number of piperidine rings is 1. The van der Waals surface area contributed by atoms with Crippen LogP contribution in [-0.2, 0) is 16.6 Å². The Morgan fingerprint density at radius 3 is 2.42 bits per heavy atom. The maximum Gasteiger partial charge on any atom is 0.250 e. The first-order valence-electron chi connectivity index (χ1n) is 8.87. The van der Waals surface area contributed by atoms with Gasteiger partial charge in [-0.2, -0.15) is 0 Å². The number of hydrogen-bond acceptors (Lipinski definition) is 5. The second kappa shape index (κ2) is 8.52. The molecule has 5 nitrogen and oxygen atoms in total. The van der Waals surface area contributed by atoms with E-state index in [1.54, 1.807) is 13.2 Å². The van der Waals surface area contributed by atoms with Gasteiger partial charge in [-0.1, -0.05) is 12.1 Å². The van der Waals surface area contributed by atoms with Gasteiger partial charge >= 0.3 is 0 Å². The van der Waals surface area contributed by atoms with Crippen molar-refractivity contribution in [3.8, 4) is 5.75 Å². The monoisotopic (exact) mass is 394 g/mol. The van der Waals surface area contributed by atoms with Crippen molar-refractivity contribution < 1.29 is 13.2 Å². The summed E-state index contributed by atoms with van der Waals surface area (Å²) in [5, 5.41) is 0. The fourth-order valence-electron chi connectivity index (χ4n) is 3.19. The van der Waals surface area contributed by atoms with Gasteiger partial charge in [-0.3, -0.25) is 4.90 Å². The van der Waals surface area contributed by atoms with E-state index in [2.05, 4.69) is 21.8 Å². The smallest absolute Gasteiger partial charge is 0.250 e. The summed E-state index contributed by atoms with van der Waals surface area (Å²) in [6.45, 7) is 5.36. The maximum atomic E-state index is 12.3. The van der Waals surface area contributed by atoms with Crippen LogP contribution in [0.2, 0.25) is 0 Å². The standard InChI is InChI=1S/C19H26N2O3S2/c1-15-3-8-19(25-15)26(22,23)20-13-16-9-11-21(12-10-16)14-17-4-6-18(24-2)7-5-17/h3-8,16,20H,9-14H2,1-2H3. The highest BCUT2D eigenvalue weighted by molar-refractivity contribution is 7.91. The van der Waals surface area contributed by atoms with E-state index < -0.39 is 10.0 Å². The highest BCUT2D eigenvalue weighted by Gasteiger charge is 2.22. The molecule has 1 fully saturated rings. The van der Waals surface area contributed by atoms with E-state index >= 15 is 0 Å². The molecule has 26 heavy (non-hydrogen) atoms. The Balaban J connectivity index is 1.44. The molecule has 0 unspecified atom stereocenters. The summed E-state index contributed by atoms with van der Waals surface area (Å²) >= 11 is 1.32. The lowest BCUT2D eigenvalue weighted by Gasteiger charge is -2.32. The summed E-state index contributed by atoms with van der Waals surface area (Å²) < 4.78 is 33.0. The molecule has 2 heterocycles. The molecule has 1 aliphatic heterocycles. The van der Waals surface area contributed by atoms with Crippen LogP contribution < -0.4 is 9.46 Å². The summed E-state index contributed by atoms with van der Waals surface area (Å²) in [6, 6.07) is 11.7. The minimum absolute atomic E-state index is 0.401. The van der Waals surface area contributed by atoms with Gasteiger partial charge < -0.3 is 4.74 Å². The van der Waals surface area contributed by atoms with E-state index in [0.29, 0.717) is 16.7 Å². The SMILES string of the molecule is COc1ccc(CN2CCC(CNS(=O)(=O)c3ccc(C)s3)CC2)cc1. The molecule has 0 spiro atoms. The lowest BCUT2D eigenvalue weighted by molar-refractivity contribution is 0.178. The molecule has 3 rings (SSSR count). The topological polar surface area (TPSA) is 58.6 Å². The van der Waals surface area contributed by atoms with E-state index in [9.17, 15) is 8.42 Å². The van der Waals surface area contributed by atoms with Gasteiger partial charge in [0.15, 0.2) is 0 Å². The van der Waals surface area contributed by atoms with E-state index in [1.165, 1.54) is 16.9 Å². The molecule has 2 aromatic rings. The third kappa shape index (κ3) is 5.07. The van der Waals surface area contributed by atoms with Crippen LogP contribution in [0.3, 0.4) is 0 Å². The van der Waals surface area contributed by atoms with Crippen molar-refractivity contribution in [1.82, 2.24) is 9.62 Å². The number of ether oxygens (including phenoxy) is 1. The number of benzene rings is 1. The zero-order valence-corrected chi connectivity index (χ0v) is 16.9. The van der Waals surface area contributed by atoms with Crippen LogP contribution in [0.15, 0.2) is 40.6 Å². The van der Waals surface area contributed by atoms with Gasteiger partial charge in [-0.05, 0) is 68.6 Å². The summed E-state index contributed by atoms with van der Waals surface area (Å²) in [5.41, 5.74) is 1.28. The Bertz CT molecular complexity index is 808. The minimum Gasteiger partial charge on any atom is -0.497 e. The Hall–Kier alpha value is -1.41. The van der Waals surface area contributed by atoms with E-state index in [-0.39, 0.29) is 0 Å². The van der Waals surface area contributed by atoms with Crippen molar-refractivity contribution in [2.75, 3.05) is 26.7 Å². The summed E-state index contributed by atoms with van der Waals surface area (Å²) in [4.78, 5) is 3.44. The predicted molar refractivity (Wildman–Crippen MR) is 105 cm³/mol. The molecule has 142 valence electrons. The number of aryl methyl sites for hydroxylation is 1. The predicted octanol–water partition coefficient (Wildman–Crippen LogP) is 3.26. The zero-order valence-electron chi connectivity index (χ0n) is 15.3. The number of methoxy groups -OCH3 is 1. The maximum absolute atomic E-state index is 12.3. The number of hydrogen-bond donors (Lipinski definition) is 1. The number of likely N-dealkylation sites (tertiary alicyclic amines) is 1.